The number of hydrogen-bond acceptors (Lipinski definition) is 7. The molecule has 2 aromatic heterocycles. The quantitative estimate of drug-likeness (QED) is 0.430. The highest BCUT2D eigenvalue weighted by Crippen LogP contribution is 2.35. The summed E-state index contributed by atoms with van der Waals surface area (Å²) < 4.78 is 1.17. The Balaban J connectivity index is 1.52. The zero-order chi connectivity index (χ0) is 24.2. The highest BCUT2D eigenvalue weighted by atomic mass is 35.5. The Labute approximate surface area is 206 Å². The highest BCUT2D eigenvalue weighted by molar-refractivity contribution is 6.37. The number of halogens is 2. The first-order chi connectivity index (χ1) is 16.2. The molecule has 34 heavy (non-hydrogen) atoms. The zero-order valence-electron chi connectivity index (χ0n) is 18.9. The lowest BCUT2D eigenvalue weighted by Gasteiger charge is -2.41. The van der Waals surface area contributed by atoms with Gasteiger partial charge in [0.05, 0.1) is 21.1 Å². The molecule has 4 aromatic rings. The molecule has 10 heteroatoms. The Morgan fingerprint density at radius 2 is 1.85 bits per heavy atom. The van der Waals surface area contributed by atoms with Crippen LogP contribution < -0.4 is 16.7 Å². The van der Waals surface area contributed by atoms with E-state index >= 15 is 0 Å². The van der Waals surface area contributed by atoms with E-state index in [2.05, 4.69) is 58.2 Å². The third-order valence-corrected chi connectivity index (χ3v) is 7.14. The molecule has 0 amide bonds. The zero-order valence-corrected chi connectivity index (χ0v) is 20.4. The minimum absolute atomic E-state index is 0.0303. The Bertz CT molecular complexity index is 1480. The number of nitrogens with one attached hydrogen (secondary N) is 1. The second kappa shape index (κ2) is 8.23. The van der Waals surface area contributed by atoms with Crippen molar-refractivity contribution in [3.8, 4) is 5.69 Å². The van der Waals surface area contributed by atoms with Crippen molar-refractivity contribution < 1.29 is 0 Å². The molecule has 3 N–H and O–H groups in total. The number of nitrogen functional groups attached to an aromatic ring is 1. The van der Waals surface area contributed by atoms with E-state index in [0.717, 1.165) is 18.7 Å². The molecule has 0 atom stereocenters. The van der Waals surface area contributed by atoms with Crippen LogP contribution in [0.4, 0.5) is 17.5 Å². The minimum Gasteiger partial charge on any atom is -0.384 e. The van der Waals surface area contributed by atoms with Gasteiger partial charge in [0.25, 0.3) is 0 Å². The number of anilines is 3. The van der Waals surface area contributed by atoms with Crippen LogP contribution in [0.25, 0.3) is 16.7 Å². The monoisotopic (exact) mass is 495 g/mol. The number of likely N-dealkylation sites (N-methyl/N-ethyl adjacent to an activating group) is 1. The number of fused-ring (bicyclic) bond motifs is 2. The summed E-state index contributed by atoms with van der Waals surface area (Å²) in [7, 11) is 2.14. The molecule has 0 spiro atoms. The van der Waals surface area contributed by atoms with Gasteiger partial charge in [-0.3, -0.25) is 4.90 Å². The van der Waals surface area contributed by atoms with Gasteiger partial charge < -0.3 is 11.1 Å². The van der Waals surface area contributed by atoms with Crippen LogP contribution in [-0.2, 0) is 12.0 Å². The summed E-state index contributed by atoms with van der Waals surface area (Å²) in [5.41, 5.74) is 9.55. The fourth-order valence-electron chi connectivity index (χ4n) is 4.36. The third-order valence-electron chi connectivity index (χ3n) is 6.53. The van der Waals surface area contributed by atoms with Gasteiger partial charge in [0.1, 0.15) is 5.82 Å². The fraction of sp³-hybridized carbons (Fsp3) is 0.250. The fourth-order valence-corrected chi connectivity index (χ4v) is 4.93. The van der Waals surface area contributed by atoms with Crippen LogP contribution in [-0.4, -0.2) is 38.0 Å². The van der Waals surface area contributed by atoms with E-state index in [-0.39, 0.29) is 32.7 Å². The van der Waals surface area contributed by atoms with Crippen molar-refractivity contribution in [2.24, 2.45) is 0 Å². The van der Waals surface area contributed by atoms with Crippen LogP contribution in [0.2, 0.25) is 10.0 Å². The molecule has 5 rings (SSSR count). The molecule has 174 valence electrons. The molecule has 1 aliphatic rings. The summed E-state index contributed by atoms with van der Waals surface area (Å²) in [5.74, 6) is 0.427. The summed E-state index contributed by atoms with van der Waals surface area (Å²) in [6.45, 7) is 5.44. The highest BCUT2D eigenvalue weighted by Gasteiger charge is 2.31. The molecule has 0 bridgehead atoms. The van der Waals surface area contributed by atoms with E-state index in [1.165, 1.54) is 21.9 Å². The summed E-state index contributed by atoms with van der Waals surface area (Å²) in [5, 5.41) is 4.20. The van der Waals surface area contributed by atoms with Crippen LogP contribution in [0.1, 0.15) is 25.0 Å². The Hall–Kier alpha value is -3.20. The molecule has 0 unspecified atom stereocenters. The van der Waals surface area contributed by atoms with E-state index in [1.54, 1.807) is 18.2 Å². The van der Waals surface area contributed by atoms with Gasteiger partial charge in [0.15, 0.2) is 5.65 Å². The molecule has 8 nitrogen and oxygen atoms in total. The minimum atomic E-state index is -0.634. The molecule has 2 aromatic carbocycles. The second-order valence-corrected chi connectivity index (χ2v) is 9.66. The van der Waals surface area contributed by atoms with Crippen LogP contribution in [0.5, 0.6) is 0 Å². The van der Waals surface area contributed by atoms with Crippen LogP contribution >= 0.6 is 23.2 Å². The molecule has 0 saturated heterocycles. The van der Waals surface area contributed by atoms with E-state index in [9.17, 15) is 4.79 Å². The van der Waals surface area contributed by atoms with Crippen molar-refractivity contribution >= 4 is 51.7 Å². The van der Waals surface area contributed by atoms with Crippen molar-refractivity contribution in [2.45, 2.75) is 25.8 Å². The number of rotatable bonds is 3. The lowest BCUT2D eigenvalue weighted by atomic mass is 9.83. The van der Waals surface area contributed by atoms with E-state index in [1.807, 2.05) is 6.07 Å². The third kappa shape index (κ3) is 3.68. The molecule has 0 saturated carbocycles. The summed E-state index contributed by atoms with van der Waals surface area (Å²) in [4.78, 5) is 28.1. The average Bonchev–Trinajstić information content (AvgIpc) is 2.78. The predicted molar refractivity (Wildman–Crippen MR) is 136 cm³/mol. The van der Waals surface area contributed by atoms with Crippen LogP contribution in [0.15, 0.2) is 47.4 Å². The van der Waals surface area contributed by atoms with Gasteiger partial charge in [-0.1, -0.05) is 35.3 Å². The topological polar surface area (TPSA) is 102 Å². The largest absolute Gasteiger partial charge is 0.384 e. The number of benzene rings is 2. The SMILES string of the molecule is CN1CCc2cc(Nc3ncc4c(N)n(-c5c(Cl)cccc5Cl)c(=O)nc4n3)ccc2C1(C)C. The summed E-state index contributed by atoms with van der Waals surface area (Å²) >= 11 is 12.6. The Morgan fingerprint density at radius 3 is 2.59 bits per heavy atom. The number of nitrogens with zero attached hydrogens (tertiary/aromatic N) is 5. The first-order valence-corrected chi connectivity index (χ1v) is 11.5. The first kappa shape index (κ1) is 22.6. The number of hydrogen-bond donors (Lipinski definition) is 2. The van der Waals surface area contributed by atoms with Gasteiger partial charge in [0, 0.05) is 24.0 Å². The standard InChI is InChI=1S/C24H23Cl2N7O/c1-24(2)16-8-7-14(11-13(16)9-10-32(24)3)29-22-28-12-15-20(27)33(23(34)31-21(15)30-22)19-17(25)5-4-6-18(19)26/h4-8,11-12H,9-10,27H2,1-3H3,(H,29,30,31,34). The maximum atomic E-state index is 12.8. The summed E-state index contributed by atoms with van der Waals surface area (Å²) in [6, 6.07) is 11.2. The molecule has 0 aliphatic carbocycles. The van der Waals surface area contributed by atoms with E-state index < -0.39 is 5.69 Å². The van der Waals surface area contributed by atoms with Crippen molar-refractivity contribution in [1.82, 2.24) is 24.4 Å². The number of aromatic nitrogens is 4. The van der Waals surface area contributed by atoms with Gasteiger partial charge in [-0.05, 0) is 62.7 Å². The Kier molecular flexibility index (Phi) is 5.47. The van der Waals surface area contributed by atoms with E-state index in [4.69, 9.17) is 28.9 Å². The molecule has 3 heterocycles. The van der Waals surface area contributed by atoms with Crippen LogP contribution in [0.3, 0.4) is 0 Å². The molecular weight excluding hydrogens is 473 g/mol. The maximum Gasteiger partial charge on any atom is 0.355 e. The lowest BCUT2D eigenvalue weighted by molar-refractivity contribution is 0.143. The normalized spacial score (nSPS) is 15.3. The average molecular weight is 496 g/mol. The van der Waals surface area contributed by atoms with Gasteiger partial charge >= 0.3 is 5.69 Å². The summed E-state index contributed by atoms with van der Waals surface area (Å²) in [6.07, 6.45) is 2.50. The first-order valence-electron chi connectivity index (χ1n) is 10.8. The van der Waals surface area contributed by atoms with Gasteiger partial charge in [-0.15, -0.1) is 0 Å². The van der Waals surface area contributed by atoms with Crippen molar-refractivity contribution in [1.29, 1.82) is 0 Å². The van der Waals surface area contributed by atoms with Gasteiger partial charge in [-0.2, -0.15) is 9.97 Å². The van der Waals surface area contributed by atoms with Gasteiger partial charge in [0.2, 0.25) is 5.95 Å². The lowest BCUT2D eigenvalue weighted by Crippen LogP contribution is -2.43. The van der Waals surface area contributed by atoms with Crippen molar-refractivity contribution in [3.63, 3.8) is 0 Å². The molecular formula is C24H23Cl2N7O. The second-order valence-electron chi connectivity index (χ2n) is 8.84. The van der Waals surface area contributed by atoms with Crippen molar-refractivity contribution in [2.75, 3.05) is 24.6 Å². The Morgan fingerprint density at radius 1 is 1.12 bits per heavy atom. The maximum absolute atomic E-state index is 12.8. The molecule has 0 fully saturated rings. The smallest absolute Gasteiger partial charge is 0.355 e. The van der Waals surface area contributed by atoms with Crippen molar-refractivity contribution in [3.05, 3.63) is 74.3 Å². The molecule has 1 aliphatic heterocycles. The van der Waals surface area contributed by atoms with E-state index in [0.29, 0.717) is 11.3 Å². The number of nitrogens with two attached hydrogens (primary N) is 1. The predicted octanol–water partition coefficient (Wildman–Crippen LogP) is 4.53. The number of para-hydroxylation sites is 1. The van der Waals surface area contributed by atoms with Gasteiger partial charge in [-0.25, -0.2) is 14.3 Å². The van der Waals surface area contributed by atoms with Crippen LogP contribution in [0, 0.1) is 0 Å². The molecule has 0 radical (unpaired) electrons.